The van der Waals surface area contributed by atoms with Gasteiger partial charge in [0.05, 0.1) is 0 Å². The number of aryl methyl sites for hydroxylation is 1. The standard InChI is InChI=1S/C17H32N4/c1-7-17(5)13-19-14(16(2,3)4)12-21(17)10-8-15-18-9-11-20(15)6/h9,11,14,19H,7-8,10,12-13H2,1-6H3. The summed E-state index contributed by atoms with van der Waals surface area (Å²) in [7, 11) is 2.08. The van der Waals surface area contributed by atoms with Crippen molar-refractivity contribution in [2.75, 3.05) is 19.6 Å². The summed E-state index contributed by atoms with van der Waals surface area (Å²) in [6, 6.07) is 0.554. The molecule has 120 valence electrons. The predicted octanol–water partition coefficient (Wildman–Crippen LogP) is 2.45. The average molecular weight is 292 g/mol. The minimum Gasteiger partial charge on any atom is -0.338 e. The molecular weight excluding hydrogens is 260 g/mol. The first-order valence-corrected chi connectivity index (χ1v) is 8.21. The first-order valence-electron chi connectivity index (χ1n) is 8.21. The van der Waals surface area contributed by atoms with Gasteiger partial charge >= 0.3 is 0 Å². The maximum atomic E-state index is 4.46. The van der Waals surface area contributed by atoms with Crippen LogP contribution < -0.4 is 5.32 Å². The second kappa shape index (κ2) is 6.09. The van der Waals surface area contributed by atoms with Gasteiger partial charge in [-0.25, -0.2) is 4.98 Å². The highest BCUT2D eigenvalue weighted by Gasteiger charge is 2.39. The Morgan fingerprint density at radius 2 is 2.14 bits per heavy atom. The Kier molecular flexibility index (Phi) is 4.79. The lowest BCUT2D eigenvalue weighted by molar-refractivity contribution is 0.0226. The van der Waals surface area contributed by atoms with Crippen molar-refractivity contribution in [1.29, 1.82) is 0 Å². The summed E-state index contributed by atoms with van der Waals surface area (Å²) in [6.45, 7) is 15.0. The lowest BCUT2D eigenvalue weighted by Gasteiger charge is -2.51. The fraction of sp³-hybridized carbons (Fsp3) is 0.824. The van der Waals surface area contributed by atoms with Crippen LogP contribution in [0.2, 0.25) is 0 Å². The molecule has 1 saturated heterocycles. The molecule has 0 aromatic carbocycles. The fourth-order valence-electron chi connectivity index (χ4n) is 3.12. The normalized spacial score (nSPS) is 28.0. The number of rotatable bonds is 4. The zero-order valence-corrected chi connectivity index (χ0v) is 14.6. The molecule has 0 aliphatic carbocycles. The van der Waals surface area contributed by atoms with E-state index in [9.17, 15) is 0 Å². The van der Waals surface area contributed by atoms with Gasteiger partial charge in [0.2, 0.25) is 0 Å². The van der Waals surface area contributed by atoms with Crippen molar-refractivity contribution in [1.82, 2.24) is 19.8 Å². The molecular formula is C17H32N4. The van der Waals surface area contributed by atoms with Crippen molar-refractivity contribution in [3.8, 4) is 0 Å². The molecule has 1 aromatic heterocycles. The molecule has 21 heavy (non-hydrogen) atoms. The Morgan fingerprint density at radius 3 is 2.67 bits per heavy atom. The minimum atomic E-state index is 0.257. The number of nitrogens with zero attached hydrogens (tertiary/aromatic N) is 3. The number of hydrogen-bond donors (Lipinski definition) is 1. The van der Waals surface area contributed by atoms with E-state index in [0.29, 0.717) is 11.5 Å². The van der Waals surface area contributed by atoms with Crippen LogP contribution in [0.5, 0.6) is 0 Å². The Hall–Kier alpha value is -0.870. The van der Waals surface area contributed by atoms with Gasteiger partial charge < -0.3 is 9.88 Å². The van der Waals surface area contributed by atoms with E-state index in [4.69, 9.17) is 0 Å². The maximum Gasteiger partial charge on any atom is 0.109 e. The highest BCUT2D eigenvalue weighted by atomic mass is 15.3. The number of imidazole rings is 1. The second-order valence-corrected chi connectivity index (χ2v) is 7.80. The first-order chi connectivity index (χ1) is 9.76. The van der Waals surface area contributed by atoms with E-state index in [1.54, 1.807) is 0 Å². The van der Waals surface area contributed by atoms with Crippen LogP contribution in [0.25, 0.3) is 0 Å². The molecule has 0 radical (unpaired) electrons. The topological polar surface area (TPSA) is 33.1 Å². The van der Waals surface area contributed by atoms with Crippen molar-refractivity contribution in [2.24, 2.45) is 12.5 Å². The molecule has 1 fully saturated rings. The summed E-state index contributed by atoms with van der Waals surface area (Å²) in [5, 5.41) is 3.77. The van der Waals surface area contributed by atoms with Crippen molar-refractivity contribution in [2.45, 2.75) is 59.0 Å². The quantitative estimate of drug-likeness (QED) is 0.925. The van der Waals surface area contributed by atoms with Crippen LogP contribution in [0.3, 0.4) is 0 Å². The summed E-state index contributed by atoms with van der Waals surface area (Å²) in [6.07, 6.45) is 6.13. The van der Waals surface area contributed by atoms with Crippen molar-refractivity contribution < 1.29 is 0 Å². The van der Waals surface area contributed by atoms with E-state index in [2.05, 4.69) is 61.4 Å². The zero-order chi connectivity index (χ0) is 15.7. The molecule has 0 bridgehead atoms. The molecule has 2 atom stereocenters. The zero-order valence-electron chi connectivity index (χ0n) is 14.6. The summed E-state index contributed by atoms with van der Waals surface area (Å²) in [5.41, 5.74) is 0.559. The molecule has 0 saturated carbocycles. The summed E-state index contributed by atoms with van der Waals surface area (Å²) < 4.78 is 2.13. The van der Waals surface area contributed by atoms with Crippen LogP contribution in [0.4, 0.5) is 0 Å². The highest BCUT2D eigenvalue weighted by molar-refractivity contribution is 5.00. The molecule has 4 heteroatoms. The lowest BCUT2D eigenvalue weighted by Crippen LogP contribution is -2.66. The van der Waals surface area contributed by atoms with Crippen LogP contribution in [0.15, 0.2) is 12.4 Å². The van der Waals surface area contributed by atoms with Crippen molar-refractivity contribution in [3.63, 3.8) is 0 Å². The van der Waals surface area contributed by atoms with Gasteiger partial charge in [0, 0.05) is 57.1 Å². The van der Waals surface area contributed by atoms with Gasteiger partial charge in [0.1, 0.15) is 5.82 Å². The van der Waals surface area contributed by atoms with Gasteiger partial charge in [0.15, 0.2) is 0 Å². The molecule has 0 spiro atoms. The van der Waals surface area contributed by atoms with Gasteiger partial charge in [-0.1, -0.05) is 27.7 Å². The molecule has 1 N–H and O–H groups in total. The van der Waals surface area contributed by atoms with E-state index < -0.39 is 0 Å². The third-order valence-electron chi connectivity index (χ3n) is 5.23. The predicted molar refractivity (Wildman–Crippen MR) is 88.4 cm³/mol. The Balaban J connectivity index is 2.06. The maximum absolute atomic E-state index is 4.46. The minimum absolute atomic E-state index is 0.257. The van der Waals surface area contributed by atoms with Crippen LogP contribution in [-0.4, -0.2) is 45.7 Å². The molecule has 0 amide bonds. The third-order valence-corrected chi connectivity index (χ3v) is 5.23. The highest BCUT2D eigenvalue weighted by Crippen LogP contribution is 2.29. The van der Waals surface area contributed by atoms with Gasteiger partial charge in [-0.15, -0.1) is 0 Å². The van der Waals surface area contributed by atoms with Crippen LogP contribution in [-0.2, 0) is 13.5 Å². The lowest BCUT2D eigenvalue weighted by atomic mass is 9.81. The fourth-order valence-corrected chi connectivity index (χ4v) is 3.12. The number of piperazine rings is 1. The van der Waals surface area contributed by atoms with Gasteiger partial charge in [0.25, 0.3) is 0 Å². The molecule has 2 heterocycles. The molecule has 2 unspecified atom stereocenters. The molecule has 1 aromatic rings. The van der Waals surface area contributed by atoms with E-state index in [1.165, 1.54) is 12.2 Å². The summed E-state index contributed by atoms with van der Waals surface area (Å²) in [4.78, 5) is 7.14. The van der Waals surface area contributed by atoms with Crippen LogP contribution >= 0.6 is 0 Å². The van der Waals surface area contributed by atoms with E-state index in [0.717, 1.165) is 26.1 Å². The van der Waals surface area contributed by atoms with E-state index in [-0.39, 0.29) is 5.54 Å². The van der Waals surface area contributed by atoms with E-state index >= 15 is 0 Å². The summed E-state index contributed by atoms with van der Waals surface area (Å²) >= 11 is 0. The van der Waals surface area contributed by atoms with Crippen LogP contribution in [0, 0.1) is 5.41 Å². The monoisotopic (exact) mass is 292 g/mol. The van der Waals surface area contributed by atoms with Gasteiger partial charge in [-0.2, -0.15) is 0 Å². The Morgan fingerprint density at radius 1 is 1.43 bits per heavy atom. The Labute approximate surface area is 129 Å². The Bertz CT molecular complexity index is 460. The molecule has 1 aliphatic rings. The third kappa shape index (κ3) is 3.67. The molecule has 2 rings (SSSR count). The van der Waals surface area contributed by atoms with Crippen molar-refractivity contribution >= 4 is 0 Å². The second-order valence-electron chi connectivity index (χ2n) is 7.80. The largest absolute Gasteiger partial charge is 0.338 e. The SMILES string of the molecule is CCC1(C)CNC(C(C)(C)C)CN1CCc1nccn1C. The van der Waals surface area contributed by atoms with E-state index in [1.807, 2.05) is 12.4 Å². The average Bonchev–Trinajstić information content (AvgIpc) is 2.82. The smallest absolute Gasteiger partial charge is 0.109 e. The molecule has 4 nitrogen and oxygen atoms in total. The molecule has 1 aliphatic heterocycles. The van der Waals surface area contributed by atoms with Crippen LogP contribution in [0.1, 0.15) is 46.9 Å². The summed E-state index contributed by atoms with van der Waals surface area (Å²) in [5.74, 6) is 1.18. The van der Waals surface area contributed by atoms with Gasteiger partial charge in [-0.05, 0) is 18.8 Å². The van der Waals surface area contributed by atoms with Gasteiger partial charge in [-0.3, -0.25) is 4.90 Å². The number of nitrogens with one attached hydrogen (secondary N) is 1. The van der Waals surface area contributed by atoms with Crippen molar-refractivity contribution in [3.05, 3.63) is 18.2 Å². The first kappa shape index (κ1) is 16.5. The number of aromatic nitrogens is 2. The number of hydrogen-bond acceptors (Lipinski definition) is 3.